The van der Waals surface area contributed by atoms with Crippen molar-refractivity contribution in [2.45, 2.75) is 39.3 Å². The fourth-order valence-corrected chi connectivity index (χ4v) is 2.79. The molecule has 0 saturated carbocycles. The second-order valence-corrected chi connectivity index (χ2v) is 6.73. The Bertz CT molecular complexity index is 587. The standard InChI is InChI=1S/C18H28N4O3.ClH/c1-13(2)21-17(24)22-15-5-3-14(4-6-15)11-20-16(23)18(12-19)7-9-25-10-8-18;/h3-6,13H,7-12,19H2,1-2H3,(H,20,23)(H2,21,22,24);1H. The topological polar surface area (TPSA) is 105 Å². The Balaban J connectivity index is 0.00000338. The molecule has 0 atom stereocenters. The Hall–Kier alpha value is -1.83. The Kier molecular flexibility index (Phi) is 8.84. The van der Waals surface area contributed by atoms with Gasteiger partial charge in [0.1, 0.15) is 0 Å². The fourth-order valence-electron chi connectivity index (χ4n) is 2.79. The van der Waals surface area contributed by atoms with Crippen LogP contribution in [-0.4, -0.2) is 37.7 Å². The highest BCUT2D eigenvalue weighted by Crippen LogP contribution is 2.29. The van der Waals surface area contributed by atoms with Gasteiger partial charge in [-0.2, -0.15) is 0 Å². The first-order chi connectivity index (χ1) is 11.9. The molecular weight excluding hydrogens is 356 g/mol. The third-order valence-electron chi connectivity index (χ3n) is 4.41. The van der Waals surface area contributed by atoms with E-state index in [-0.39, 0.29) is 30.4 Å². The van der Waals surface area contributed by atoms with Crippen molar-refractivity contribution in [3.63, 3.8) is 0 Å². The molecule has 0 radical (unpaired) electrons. The zero-order chi connectivity index (χ0) is 18.3. The lowest BCUT2D eigenvalue weighted by molar-refractivity contribution is -0.136. The van der Waals surface area contributed by atoms with Crippen LogP contribution in [0.4, 0.5) is 10.5 Å². The molecule has 0 spiro atoms. The van der Waals surface area contributed by atoms with Crippen molar-refractivity contribution in [2.24, 2.45) is 11.1 Å². The molecule has 8 heteroatoms. The number of benzene rings is 1. The maximum Gasteiger partial charge on any atom is 0.319 e. The summed E-state index contributed by atoms with van der Waals surface area (Å²) in [5.41, 5.74) is 6.99. The summed E-state index contributed by atoms with van der Waals surface area (Å²) in [7, 11) is 0. The van der Waals surface area contributed by atoms with Gasteiger partial charge in [0.2, 0.25) is 5.91 Å². The van der Waals surface area contributed by atoms with Crippen molar-refractivity contribution in [3.05, 3.63) is 29.8 Å². The average Bonchev–Trinajstić information content (AvgIpc) is 2.60. The van der Waals surface area contributed by atoms with Gasteiger partial charge in [0.25, 0.3) is 0 Å². The molecule has 1 fully saturated rings. The molecule has 146 valence electrons. The first-order valence-corrected chi connectivity index (χ1v) is 8.68. The number of nitrogens with one attached hydrogen (secondary N) is 3. The molecule has 1 aliphatic heterocycles. The zero-order valence-electron chi connectivity index (χ0n) is 15.3. The van der Waals surface area contributed by atoms with Crippen LogP contribution in [-0.2, 0) is 16.1 Å². The number of ether oxygens (including phenoxy) is 1. The van der Waals surface area contributed by atoms with E-state index in [1.807, 2.05) is 38.1 Å². The van der Waals surface area contributed by atoms with E-state index in [0.717, 1.165) is 5.56 Å². The molecule has 1 aliphatic rings. The number of hydrogen-bond acceptors (Lipinski definition) is 4. The molecule has 1 saturated heterocycles. The minimum atomic E-state index is -0.519. The average molecular weight is 385 g/mol. The summed E-state index contributed by atoms with van der Waals surface area (Å²) in [5.74, 6) is -0.0168. The summed E-state index contributed by atoms with van der Waals surface area (Å²) < 4.78 is 5.33. The molecule has 5 N–H and O–H groups in total. The van der Waals surface area contributed by atoms with Gasteiger partial charge < -0.3 is 26.4 Å². The molecule has 1 aromatic carbocycles. The third-order valence-corrected chi connectivity index (χ3v) is 4.41. The van der Waals surface area contributed by atoms with Crippen LogP contribution in [0.25, 0.3) is 0 Å². The Morgan fingerprint density at radius 2 is 1.81 bits per heavy atom. The lowest BCUT2D eigenvalue weighted by atomic mass is 9.79. The number of rotatable bonds is 6. The van der Waals surface area contributed by atoms with Crippen molar-refractivity contribution in [1.82, 2.24) is 10.6 Å². The van der Waals surface area contributed by atoms with Crippen molar-refractivity contribution < 1.29 is 14.3 Å². The zero-order valence-corrected chi connectivity index (χ0v) is 16.2. The molecule has 1 heterocycles. The number of anilines is 1. The summed E-state index contributed by atoms with van der Waals surface area (Å²) >= 11 is 0. The second-order valence-electron chi connectivity index (χ2n) is 6.73. The molecule has 0 aliphatic carbocycles. The van der Waals surface area contributed by atoms with E-state index in [0.29, 0.717) is 44.8 Å². The molecule has 2 rings (SSSR count). The highest BCUT2D eigenvalue weighted by Gasteiger charge is 2.38. The molecule has 3 amide bonds. The lowest BCUT2D eigenvalue weighted by Crippen LogP contribution is -2.48. The summed E-state index contributed by atoms with van der Waals surface area (Å²) in [6.07, 6.45) is 1.31. The first kappa shape index (κ1) is 22.2. The van der Waals surface area contributed by atoms with E-state index >= 15 is 0 Å². The SMILES string of the molecule is CC(C)NC(=O)Nc1ccc(CNC(=O)C2(CN)CCOCC2)cc1.Cl. The highest BCUT2D eigenvalue weighted by atomic mass is 35.5. The largest absolute Gasteiger partial charge is 0.381 e. The Morgan fingerprint density at radius 3 is 2.35 bits per heavy atom. The number of carbonyl (C=O) groups is 2. The van der Waals surface area contributed by atoms with E-state index in [1.165, 1.54) is 0 Å². The fraction of sp³-hybridized carbons (Fsp3) is 0.556. The molecule has 26 heavy (non-hydrogen) atoms. The molecule has 7 nitrogen and oxygen atoms in total. The van der Waals surface area contributed by atoms with Crippen LogP contribution in [0, 0.1) is 5.41 Å². The highest BCUT2D eigenvalue weighted by molar-refractivity contribution is 5.89. The van der Waals surface area contributed by atoms with Crippen LogP contribution in [0.1, 0.15) is 32.3 Å². The van der Waals surface area contributed by atoms with E-state index in [4.69, 9.17) is 10.5 Å². The van der Waals surface area contributed by atoms with Gasteiger partial charge in [-0.25, -0.2) is 4.79 Å². The van der Waals surface area contributed by atoms with E-state index in [1.54, 1.807) is 0 Å². The maximum absolute atomic E-state index is 12.5. The number of nitrogens with two attached hydrogens (primary N) is 1. The van der Waals surface area contributed by atoms with Crippen LogP contribution in [0.5, 0.6) is 0 Å². The summed E-state index contributed by atoms with van der Waals surface area (Å²) in [6.45, 7) is 5.71. The predicted octanol–water partition coefficient (Wildman–Crippen LogP) is 2.01. The number of halogens is 1. The third kappa shape index (κ3) is 6.16. The lowest BCUT2D eigenvalue weighted by Gasteiger charge is -2.34. The van der Waals surface area contributed by atoms with Crippen LogP contribution in [0.2, 0.25) is 0 Å². The van der Waals surface area contributed by atoms with Crippen LogP contribution in [0.3, 0.4) is 0 Å². The van der Waals surface area contributed by atoms with Crippen molar-refractivity contribution in [1.29, 1.82) is 0 Å². The molecular formula is C18H29ClN4O3. The van der Waals surface area contributed by atoms with Gasteiger partial charge in [0.05, 0.1) is 5.41 Å². The van der Waals surface area contributed by atoms with Gasteiger partial charge >= 0.3 is 6.03 Å². The van der Waals surface area contributed by atoms with Gasteiger partial charge in [0.15, 0.2) is 0 Å². The summed E-state index contributed by atoms with van der Waals surface area (Å²) in [5, 5.41) is 8.50. The first-order valence-electron chi connectivity index (χ1n) is 8.68. The second kappa shape index (κ2) is 10.4. The number of urea groups is 1. The van der Waals surface area contributed by atoms with Gasteiger partial charge in [0, 0.05) is 38.0 Å². The van der Waals surface area contributed by atoms with Gasteiger partial charge in [-0.3, -0.25) is 4.79 Å². The van der Waals surface area contributed by atoms with Crippen LogP contribution < -0.4 is 21.7 Å². The van der Waals surface area contributed by atoms with Crippen molar-refractivity contribution in [2.75, 3.05) is 25.1 Å². The van der Waals surface area contributed by atoms with E-state index < -0.39 is 5.41 Å². The quantitative estimate of drug-likeness (QED) is 0.602. The van der Waals surface area contributed by atoms with Crippen molar-refractivity contribution >= 4 is 30.0 Å². The normalized spacial score (nSPS) is 15.7. The molecule has 0 unspecified atom stereocenters. The molecule has 1 aromatic rings. The molecule has 0 bridgehead atoms. The van der Waals surface area contributed by atoms with E-state index in [2.05, 4.69) is 16.0 Å². The number of hydrogen-bond donors (Lipinski definition) is 4. The van der Waals surface area contributed by atoms with Gasteiger partial charge in [-0.15, -0.1) is 12.4 Å². The smallest absolute Gasteiger partial charge is 0.319 e. The number of amides is 3. The minimum absolute atomic E-state index is 0. The van der Waals surface area contributed by atoms with Crippen LogP contribution in [0.15, 0.2) is 24.3 Å². The Labute approximate surface area is 160 Å². The maximum atomic E-state index is 12.5. The molecule has 0 aromatic heterocycles. The summed E-state index contributed by atoms with van der Waals surface area (Å²) in [6, 6.07) is 7.23. The van der Waals surface area contributed by atoms with Gasteiger partial charge in [-0.1, -0.05) is 12.1 Å². The van der Waals surface area contributed by atoms with Crippen molar-refractivity contribution in [3.8, 4) is 0 Å². The van der Waals surface area contributed by atoms with Gasteiger partial charge in [-0.05, 0) is 44.4 Å². The summed E-state index contributed by atoms with van der Waals surface area (Å²) in [4.78, 5) is 24.2. The number of carbonyl (C=O) groups excluding carboxylic acids is 2. The minimum Gasteiger partial charge on any atom is -0.381 e. The van der Waals surface area contributed by atoms with E-state index in [9.17, 15) is 9.59 Å². The predicted molar refractivity (Wildman–Crippen MR) is 104 cm³/mol. The van der Waals surface area contributed by atoms with Crippen LogP contribution >= 0.6 is 12.4 Å². The monoisotopic (exact) mass is 384 g/mol. The Morgan fingerprint density at radius 1 is 1.19 bits per heavy atom.